The van der Waals surface area contributed by atoms with Crippen LogP contribution in [-0.2, 0) is 4.74 Å². The van der Waals surface area contributed by atoms with Gasteiger partial charge in [0.05, 0.1) is 19.0 Å². The molecule has 1 aromatic heterocycles. The summed E-state index contributed by atoms with van der Waals surface area (Å²) in [5, 5.41) is 0. The zero-order valence-corrected chi connectivity index (χ0v) is 10.3. The number of rotatable bonds is 4. The van der Waals surface area contributed by atoms with E-state index in [1.54, 1.807) is 12.0 Å². The second-order valence-corrected chi connectivity index (χ2v) is 4.30. The number of ether oxygens (including phenoxy) is 1. The largest absolute Gasteiger partial charge is 0.384 e. The third-order valence-corrected chi connectivity index (χ3v) is 2.98. The summed E-state index contributed by atoms with van der Waals surface area (Å²) in [5.74, 6) is 5.92. The van der Waals surface area contributed by atoms with E-state index in [2.05, 4.69) is 15.4 Å². The van der Waals surface area contributed by atoms with Crippen LogP contribution in [0.2, 0.25) is 0 Å². The van der Waals surface area contributed by atoms with Crippen LogP contribution < -0.4 is 11.3 Å². The van der Waals surface area contributed by atoms with Gasteiger partial charge in [0.15, 0.2) is 5.82 Å². The molecule has 1 aromatic rings. The zero-order valence-electron chi connectivity index (χ0n) is 10.3. The quantitative estimate of drug-likeness (QED) is 0.572. The monoisotopic (exact) mass is 251 g/mol. The highest BCUT2D eigenvalue weighted by Crippen LogP contribution is 2.18. The summed E-state index contributed by atoms with van der Waals surface area (Å²) in [4.78, 5) is 22.0. The molecule has 0 saturated carbocycles. The molecule has 1 atom stereocenters. The smallest absolute Gasteiger partial charge is 0.274 e. The summed E-state index contributed by atoms with van der Waals surface area (Å²) in [6.45, 7) is 2.11. The molecule has 7 heteroatoms. The molecule has 0 aromatic carbocycles. The minimum absolute atomic E-state index is 0.113. The molecular formula is C11H17N5O2. The van der Waals surface area contributed by atoms with E-state index < -0.39 is 0 Å². The van der Waals surface area contributed by atoms with Gasteiger partial charge in [-0.15, -0.1) is 0 Å². The van der Waals surface area contributed by atoms with E-state index in [-0.39, 0.29) is 5.91 Å². The Morgan fingerprint density at radius 2 is 2.50 bits per heavy atom. The lowest BCUT2D eigenvalue weighted by molar-refractivity contribution is 0.0769. The van der Waals surface area contributed by atoms with Gasteiger partial charge in [-0.05, 0) is 6.42 Å². The van der Waals surface area contributed by atoms with Crippen molar-refractivity contribution in [3.05, 3.63) is 18.1 Å². The molecule has 0 spiro atoms. The number of hydrogen-bond donors (Lipinski definition) is 2. The third kappa shape index (κ3) is 2.74. The van der Waals surface area contributed by atoms with Crippen LogP contribution in [0.15, 0.2) is 12.4 Å². The van der Waals surface area contributed by atoms with Crippen molar-refractivity contribution in [1.82, 2.24) is 14.9 Å². The molecule has 1 amide bonds. The van der Waals surface area contributed by atoms with E-state index >= 15 is 0 Å². The lowest BCUT2D eigenvalue weighted by atomic mass is 10.1. The Labute approximate surface area is 105 Å². The van der Waals surface area contributed by atoms with Crippen LogP contribution in [0.1, 0.15) is 16.9 Å². The number of anilines is 1. The molecule has 1 aliphatic rings. The summed E-state index contributed by atoms with van der Waals surface area (Å²) in [6.07, 6.45) is 3.88. The maximum absolute atomic E-state index is 12.2. The van der Waals surface area contributed by atoms with E-state index in [4.69, 9.17) is 10.6 Å². The molecule has 2 rings (SSSR count). The van der Waals surface area contributed by atoms with Gasteiger partial charge in [-0.2, -0.15) is 0 Å². The number of likely N-dealkylation sites (tertiary alicyclic amines) is 1. The number of hydrazine groups is 1. The summed E-state index contributed by atoms with van der Waals surface area (Å²) in [6, 6.07) is 0. The number of nitrogens with zero attached hydrogens (tertiary/aromatic N) is 3. The average molecular weight is 251 g/mol. The molecule has 1 saturated heterocycles. The van der Waals surface area contributed by atoms with Crippen LogP contribution in [0.3, 0.4) is 0 Å². The number of amides is 1. The maximum Gasteiger partial charge on any atom is 0.274 e. The highest BCUT2D eigenvalue weighted by molar-refractivity contribution is 5.92. The van der Waals surface area contributed by atoms with E-state index in [0.29, 0.717) is 30.6 Å². The number of nitrogens with one attached hydrogen (secondary N) is 1. The topological polar surface area (TPSA) is 93.4 Å². The van der Waals surface area contributed by atoms with E-state index in [1.807, 2.05) is 0 Å². The molecule has 0 radical (unpaired) electrons. The van der Waals surface area contributed by atoms with Crippen molar-refractivity contribution < 1.29 is 9.53 Å². The number of aromatic nitrogens is 2. The lowest BCUT2D eigenvalue weighted by Crippen LogP contribution is -2.30. The van der Waals surface area contributed by atoms with Crippen molar-refractivity contribution in [2.75, 3.05) is 32.2 Å². The highest BCUT2D eigenvalue weighted by atomic mass is 16.5. The van der Waals surface area contributed by atoms with Gasteiger partial charge in [0.2, 0.25) is 0 Å². The predicted octanol–water partition coefficient (Wildman–Crippen LogP) is -0.129. The standard InChI is InChI=1S/C11H17N5O2/c1-18-7-8-2-3-16(6-8)11(17)9-4-13-5-10(14-9)15-12/h4-5,8H,2-3,6-7,12H2,1H3,(H,14,15). The first kappa shape index (κ1) is 12.7. The molecule has 7 nitrogen and oxygen atoms in total. The number of methoxy groups -OCH3 is 1. The molecule has 1 unspecified atom stereocenters. The number of nitrogen functional groups attached to an aromatic ring is 1. The first-order valence-corrected chi connectivity index (χ1v) is 5.81. The van der Waals surface area contributed by atoms with Crippen molar-refractivity contribution in [3.8, 4) is 0 Å². The van der Waals surface area contributed by atoms with Gasteiger partial charge in [-0.1, -0.05) is 0 Å². The van der Waals surface area contributed by atoms with Crippen molar-refractivity contribution in [1.29, 1.82) is 0 Å². The summed E-state index contributed by atoms with van der Waals surface area (Å²) in [5.41, 5.74) is 2.69. The van der Waals surface area contributed by atoms with Crippen molar-refractivity contribution in [3.63, 3.8) is 0 Å². The number of carbonyl (C=O) groups is 1. The maximum atomic E-state index is 12.2. The van der Waals surface area contributed by atoms with Crippen LogP contribution in [0.4, 0.5) is 5.82 Å². The summed E-state index contributed by atoms with van der Waals surface area (Å²) >= 11 is 0. The van der Waals surface area contributed by atoms with Crippen LogP contribution in [-0.4, -0.2) is 47.6 Å². The molecule has 98 valence electrons. The number of hydrogen-bond acceptors (Lipinski definition) is 6. The number of nitrogens with two attached hydrogens (primary N) is 1. The van der Waals surface area contributed by atoms with E-state index in [0.717, 1.165) is 13.0 Å². The first-order valence-electron chi connectivity index (χ1n) is 5.81. The van der Waals surface area contributed by atoms with Crippen molar-refractivity contribution >= 4 is 11.7 Å². The minimum atomic E-state index is -0.113. The van der Waals surface area contributed by atoms with Gasteiger partial charge in [0.1, 0.15) is 5.69 Å². The van der Waals surface area contributed by atoms with E-state index in [1.165, 1.54) is 12.4 Å². The first-order chi connectivity index (χ1) is 8.74. The molecule has 0 aliphatic carbocycles. The second-order valence-electron chi connectivity index (χ2n) is 4.30. The number of carbonyl (C=O) groups excluding carboxylic acids is 1. The van der Waals surface area contributed by atoms with Gasteiger partial charge in [-0.25, -0.2) is 10.8 Å². The molecule has 1 aliphatic heterocycles. The Morgan fingerprint density at radius 1 is 1.67 bits per heavy atom. The lowest BCUT2D eigenvalue weighted by Gasteiger charge is -2.15. The SMILES string of the molecule is COCC1CCN(C(=O)c2cncc(NN)n2)C1. The van der Waals surface area contributed by atoms with Gasteiger partial charge in [-0.3, -0.25) is 9.78 Å². The van der Waals surface area contributed by atoms with Crippen LogP contribution in [0.5, 0.6) is 0 Å². The van der Waals surface area contributed by atoms with Gasteiger partial charge in [0, 0.05) is 26.1 Å². The Morgan fingerprint density at radius 3 is 3.22 bits per heavy atom. The Bertz CT molecular complexity index is 426. The Balaban J connectivity index is 2.03. The fourth-order valence-electron chi connectivity index (χ4n) is 2.09. The van der Waals surface area contributed by atoms with E-state index in [9.17, 15) is 4.79 Å². The fraction of sp³-hybridized carbons (Fsp3) is 0.545. The second kappa shape index (κ2) is 5.74. The molecule has 2 heterocycles. The fourth-order valence-corrected chi connectivity index (χ4v) is 2.09. The normalized spacial score (nSPS) is 19.0. The average Bonchev–Trinajstić information content (AvgIpc) is 2.87. The molecule has 3 N–H and O–H groups in total. The Hall–Kier alpha value is -1.73. The van der Waals surface area contributed by atoms with Crippen molar-refractivity contribution in [2.24, 2.45) is 11.8 Å². The Kier molecular flexibility index (Phi) is 4.06. The van der Waals surface area contributed by atoms with Crippen LogP contribution >= 0.6 is 0 Å². The van der Waals surface area contributed by atoms with Crippen LogP contribution in [0, 0.1) is 5.92 Å². The molecular weight excluding hydrogens is 234 g/mol. The highest BCUT2D eigenvalue weighted by Gasteiger charge is 2.27. The third-order valence-electron chi connectivity index (χ3n) is 2.98. The predicted molar refractivity (Wildman–Crippen MR) is 65.7 cm³/mol. The molecule has 1 fully saturated rings. The molecule has 18 heavy (non-hydrogen) atoms. The zero-order chi connectivity index (χ0) is 13.0. The van der Waals surface area contributed by atoms with Gasteiger partial charge in [0.25, 0.3) is 5.91 Å². The van der Waals surface area contributed by atoms with Gasteiger partial charge < -0.3 is 15.1 Å². The summed E-state index contributed by atoms with van der Waals surface area (Å²) < 4.78 is 5.10. The van der Waals surface area contributed by atoms with Crippen molar-refractivity contribution in [2.45, 2.75) is 6.42 Å². The van der Waals surface area contributed by atoms with Gasteiger partial charge >= 0.3 is 0 Å². The van der Waals surface area contributed by atoms with Crippen LogP contribution in [0.25, 0.3) is 0 Å². The minimum Gasteiger partial charge on any atom is -0.384 e. The summed E-state index contributed by atoms with van der Waals surface area (Å²) in [7, 11) is 1.67. The molecule has 0 bridgehead atoms.